The first-order valence-corrected chi connectivity index (χ1v) is 13.6. The molecule has 0 aliphatic heterocycles. The van der Waals surface area contributed by atoms with Crippen molar-refractivity contribution in [3.8, 4) is 0 Å². The predicted molar refractivity (Wildman–Crippen MR) is 137 cm³/mol. The number of anilines is 1. The molecule has 0 heterocycles. The lowest BCUT2D eigenvalue weighted by atomic mass is 10.1. The molecule has 0 fully saturated rings. The van der Waals surface area contributed by atoms with Crippen LogP contribution in [-0.2, 0) is 26.2 Å². The van der Waals surface area contributed by atoms with Gasteiger partial charge in [0.2, 0.25) is 21.8 Å². The van der Waals surface area contributed by atoms with Crippen molar-refractivity contribution in [1.82, 2.24) is 10.2 Å². The van der Waals surface area contributed by atoms with Crippen LogP contribution in [0.2, 0.25) is 0 Å². The highest BCUT2D eigenvalue weighted by atomic mass is 32.2. The lowest BCUT2D eigenvalue weighted by Gasteiger charge is -2.30. The topological polar surface area (TPSA) is 86.8 Å². The monoisotopic (exact) mass is 487 g/mol. The summed E-state index contributed by atoms with van der Waals surface area (Å²) in [6.07, 6.45) is 2.43. The third kappa shape index (κ3) is 8.17. The van der Waals surface area contributed by atoms with Crippen molar-refractivity contribution in [1.29, 1.82) is 0 Å². The van der Waals surface area contributed by atoms with E-state index in [1.165, 1.54) is 4.31 Å². The van der Waals surface area contributed by atoms with Crippen LogP contribution < -0.4 is 9.62 Å². The summed E-state index contributed by atoms with van der Waals surface area (Å²) in [5.74, 6) is -0.382. The summed E-state index contributed by atoms with van der Waals surface area (Å²) in [6.45, 7) is 8.13. The van der Waals surface area contributed by atoms with E-state index >= 15 is 0 Å². The van der Waals surface area contributed by atoms with E-state index in [1.807, 2.05) is 51.1 Å². The number of hydrogen-bond donors (Lipinski definition) is 1. The second-order valence-electron chi connectivity index (χ2n) is 8.78. The number of benzene rings is 2. The molecule has 0 saturated heterocycles. The molecule has 0 aliphatic carbocycles. The SMILES string of the molecule is CC[C@@H](C)NC(=O)[C@H](C)N(Cc1cccc(C)c1)C(=O)CCCN(c1ccccc1)S(C)(=O)=O. The second-order valence-corrected chi connectivity index (χ2v) is 10.7. The van der Waals surface area contributed by atoms with Crippen LogP contribution in [0.5, 0.6) is 0 Å². The first-order valence-electron chi connectivity index (χ1n) is 11.7. The van der Waals surface area contributed by atoms with Gasteiger partial charge < -0.3 is 10.2 Å². The molecule has 2 atom stereocenters. The van der Waals surface area contributed by atoms with Crippen LogP contribution in [0, 0.1) is 6.92 Å². The smallest absolute Gasteiger partial charge is 0.242 e. The number of para-hydroxylation sites is 1. The number of amides is 2. The van der Waals surface area contributed by atoms with Crippen molar-refractivity contribution in [2.24, 2.45) is 0 Å². The van der Waals surface area contributed by atoms with Gasteiger partial charge in [0.1, 0.15) is 6.04 Å². The number of sulfonamides is 1. The van der Waals surface area contributed by atoms with E-state index in [0.717, 1.165) is 23.8 Å². The molecule has 186 valence electrons. The number of nitrogens with one attached hydrogen (secondary N) is 1. The molecule has 7 nitrogen and oxygen atoms in total. The highest BCUT2D eigenvalue weighted by Gasteiger charge is 2.27. The molecule has 0 spiro atoms. The van der Waals surface area contributed by atoms with E-state index in [-0.39, 0.29) is 30.8 Å². The maximum absolute atomic E-state index is 13.3. The standard InChI is InChI=1S/C26H37N3O4S/c1-6-21(3)27-26(31)22(4)28(19-23-13-10-12-20(2)18-23)25(30)16-11-17-29(34(5,32)33)24-14-8-7-9-15-24/h7-10,12-15,18,21-22H,6,11,16-17,19H2,1-5H3,(H,27,31)/t21-,22+/m1/s1. The highest BCUT2D eigenvalue weighted by molar-refractivity contribution is 7.92. The van der Waals surface area contributed by atoms with E-state index in [1.54, 1.807) is 36.1 Å². The van der Waals surface area contributed by atoms with E-state index in [2.05, 4.69) is 5.32 Å². The summed E-state index contributed by atoms with van der Waals surface area (Å²) in [7, 11) is -3.49. The predicted octanol–water partition coefficient (Wildman–Crippen LogP) is 3.87. The minimum Gasteiger partial charge on any atom is -0.352 e. The van der Waals surface area contributed by atoms with Crippen LogP contribution in [-0.4, -0.2) is 50.0 Å². The van der Waals surface area contributed by atoms with Gasteiger partial charge >= 0.3 is 0 Å². The van der Waals surface area contributed by atoms with Gasteiger partial charge in [-0.15, -0.1) is 0 Å². The quantitative estimate of drug-likeness (QED) is 0.492. The summed E-state index contributed by atoms with van der Waals surface area (Å²) in [6, 6.07) is 16.1. The average Bonchev–Trinajstić information content (AvgIpc) is 2.79. The molecule has 0 saturated carbocycles. The molecule has 1 N–H and O–H groups in total. The van der Waals surface area contributed by atoms with Crippen molar-refractivity contribution in [3.63, 3.8) is 0 Å². The van der Waals surface area contributed by atoms with Gasteiger partial charge in [-0.2, -0.15) is 0 Å². The Morgan fingerprint density at radius 1 is 1.03 bits per heavy atom. The number of hydrogen-bond acceptors (Lipinski definition) is 4. The van der Waals surface area contributed by atoms with Crippen molar-refractivity contribution in [2.75, 3.05) is 17.1 Å². The minimum absolute atomic E-state index is 0.0139. The van der Waals surface area contributed by atoms with Crippen LogP contribution in [0.1, 0.15) is 51.2 Å². The second kappa shape index (κ2) is 12.6. The lowest BCUT2D eigenvalue weighted by Crippen LogP contribution is -2.49. The fourth-order valence-corrected chi connectivity index (χ4v) is 4.62. The van der Waals surface area contributed by atoms with Crippen LogP contribution in [0.4, 0.5) is 5.69 Å². The Bertz CT molecular complexity index is 1060. The summed E-state index contributed by atoms with van der Waals surface area (Å²) in [4.78, 5) is 27.7. The Kier molecular flexibility index (Phi) is 10.1. The molecule has 2 amide bonds. The van der Waals surface area contributed by atoms with E-state index in [9.17, 15) is 18.0 Å². The highest BCUT2D eigenvalue weighted by Crippen LogP contribution is 2.19. The number of nitrogens with zero attached hydrogens (tertiary/aromatic N) is 2. The van der Waals surface area contributed by atoms with Gasteiger partial charge in [0.25, 0.3) is 0 Å². The van der Waals surface area contributed by atoms with Gasteiger partial charge in [-0.05, 0) is 51.3 Å². The number of carbonyl (C=O) groups is 2. The number of rotatable bonds is 12. The molecule has 0 aromatic heterocycles. The van der Waals surface area contributed by atoms with E-state index < -0.39 is 16.1 Å². The summed E-state index contributed by atoms with van der Waals surface area (Å²) < 4.78 is 26.0. The van der Waals surface area contributed by atoms with Gasteiger partial charge in [-0.1, -0.05) is 55.0 Å². The van der Waals surface area contributed by atoms with Crippen molar-refractivity contribution in [3.05, 3.63) is 65.7 Å². The van der Waals surface area contributed by atoms with Gasteiger partial charge in [0.05, 0.1) is 11.9 Å². The molecule has 0 aliphatic rings. The molecule has 2 aromatic carbocycles. The molecular formula is C26H37N3O4S. The molecule has 0 unspecified atom stereocenters. The van der Waals surface area contributed by atoms with Crippen molar-refractivity contribution < 1.29 is 18.0 Å². The zero-order chi connectivity index (χ0) is 25.3. The number of carbonyl (C=O) groups excluding carboxylic acids is 2. The van der Waals surface area contributed by atoms with Crippen molar-refractivity contribution >= 4 is 27.5 Å². The third-order valence-electron chi connectivity index (χ3n) is 5.80. The lowest BCUT2D eigenvalue weighted by molar-refractivity contribution is -0.140. The maximum atomic E-state index is 13.3. The van der Waals surface area contributed by atoms with Gasteiger partial charge in [-0.25, -0.2) is 8.42 Å². The fraction of sp³-hybridized carbons (Fsp3) is 0.462. The van der Waals surface area contributed by atoms with Crippen molar-refractivity contribution in [2.45, 2.75) is 65.6 Å². The van der Waals surface area contributed by atoms with E-state index in [0.29, 0.717) is 18.7 Å². The normalized spacial score (nSPS) is 13.1. The largest absolute Gasteiger partial charge is 0.352 e. The van der Waals surface area contributed by atoms with Crippen LogP contribution in [0.3, 0.4) is 0 Å². The Balaban J connectivity index is 2.15. The average molecular weight is 488 g/mol. The van der Waals surface area contributed by atoms with Crippen LogP contribution in [0.25, 0.3) is 0 Å². The van der Waals surface area contributed by atoms with Crippen LogP contribution >= 0.6 is 0 Å². The molecule has 34 heavy (non-hydrogen) atoms. The number of aryl methyl sites for hydroxylation is 1. The van der Waals surface area contributed by atoms with E-state index in [4.69, 9.17) is 0 Å². The molecule has 2 aromatic rings. The maximum Gasteiger partial charge on any atom is 0.242 e. The Hall–Kier alpha value is -2.87. The molecule has 0 bridgehead atoms. The van der Waals surface area contributed by atoms with Gasteiger partial charge in [0, 0.05) is 25.6 Å². The molecule has 2 rings (SSSR count). The zero-order valence-electron chi connectivity index (χ0n) is 20.8. The molecule has 8 heteroatoms. The Morgan fingerprint density at radius 3 is 2.29 bits per heavy atom. The zero-order valence-corrected chi connectivity index (χ0v) is 21.6. The molecule has 0 radical (unpaired) electrons. The summed E-state index contributed by atoms with van der Waals surface area (Å²) in [5, 5.41) is 2.96. The summed E-state index contributed by atoms with van der Waals surface area (Å²) in [5.41, 5.74) is 2.59. The third-order valence-corrected chi connectivity index (χ3v) is 6.99. The van der Waals surface area contributed by atoms with Gasteiger partial charge in [0.15, 0.2) is 0 Å². The first kappa shape index (κ1) is 27.4. The fourth-order valence-electron chi connectivity index (χ4n) is 3.65. The van der Waals surface area contributed by atoms with Gasteiger partial charge in [-0.3, -0.25) is 13.9 Å². The first-order chi connectivity index (χ1) is 16.0. The Labute approximate surface area is 204 Å². The minimum atomic E-state index is -3.49. The Morgan fingerprint density at radius 2 is 1.71 bits per heavy atom. The molecular weight excluding hydrogens is 450 g/mol. The van der Waals surface area contributed by atoms with Crippen LogP contribution in [0.15, 0.2) is 54.6 Å². The summed E-state index contributed by atoms with van der Waals surface area (Å²) >= 11 is 0.